The fraction of sp³-hybridized carbons (Fsp3) is 0.250. The van der Waals surface area contributed by atoms with Crippen LogP contribution >= 0.6 is 11.6 Å². The Morgan fingerprint density at radius 1 is 1.08 bits per heavy atom. The molecule has 0 spiro atoms. The average molecular weight is 701 g/mol. The zero-order valence-corrected chi connectivity index (χ0v) is 26.8. The normalized spacial score (nSPS) is 12.1. The van der Waals surface area contributed by atoms with Gasteiger partial charge >= 0.3 is 6.18 Å². The van der Waals surface area contributed by atoms with E-state index < -0.39 is 41.1 Å². The first-order chi connectivity index (χ1) is 23.4. The van der Waals surface area contributed by atoms with Crippen LogP contribution in [0.5, 0.6) is 5.75 Å². The van der Waals surface area contributed by atoms with Crippen LogP contribution in [0, 0.1) is 5.82 Å². The number of pyridine rings is 1. The SMILES string of the molecule is CC[C@@H](C(=O)Nc1ccc(C(=O)NCCCn2ccnc2)c(F)c1)n1cc(OC)c(-c2cc(Cl)ccc2-n2cc(C(F)(F)F)nn2)cc1=O. The number of aryl methyl sites for hydroxylation is 1. The maximum absolute atomic E-state index is 14.9. The van der Waals surface area contributed by atoms with Crippen LogP contribution in [0.4, 0.5) is 23.2 Å². The van der Waals surface area contributed by atoms with Gasteiger partial charge in [-0.15, -0.1) is 5.10 Å². The second kappa shape index (κ2) is 14.7. The van der Waals surface area contributed by atoms with E-state index in [0.29, 0.717) is 25.7 Å². The Bertz CT molecular complexity index is 2030. The monoisotopic (exact) mass is 700 g/mol. The quantitative estimate of drug-likeness (QED) is 0.129. The lowest BCUT2D eigenvalue weighted by molar-refractivity contribution is -0.141. The summed E-state index contributed by atoms with van der Waals surface area (Å²) >= 11 is 6.22. The summed E-state index contributed by atoms with van der Waals surface area (Å²) in [5.41, 5.74) is -1.51. The number of hydrogen-bond acceptors (Lipinski definition) is 7. The third-order valence-corrected chi connectivity index (χ3v) is 7.72. The number of carbonyl (C=O) groups excluding carboxylic acids is 2. The molecular weight excluding hydrogens is 672 g/mol. The van der Waals surface area contributed by atoms with Crippen LogP contribution in [0.15, 0.2) is 78.4 Å². The summed E-state index contributed by atoms with van der Waals surface area (Å²) in [6.07, 6.45) is 3.08. The van der Waals surface area contributed by atoms with Gasteiger partial charge < -0.3 is 19.9 Å². The Morgan fingerprint density at radius 3 is 2.53 bits per heavy atom. The molecule has 0 bridgehead atoms. The number of rotatable bonds is 12. The molecule has 0 aliphatic carbocycles. The first-order valence-corrected chi connectivity index (χ1v) is 15.2. The highest BCUT2D eigenvalue weighted by Gasteiger charge is 2.35. The van der Waals surface area contributed by atoms with E-state index in [2.05, 4.69) is 25.9 Å². The van der Waals surface area contributed by atoms with Crippen molar-refractivity contribution in [2.45, 2.75) is 38.5 Å². The minimum atomic E-state index is -4.73. The standard InChI is InChI=1S/C32H29ClF4N8O4/c1-3-25(31(48)40-20-6-7-21(24(34)14-20)30(47)39-9-4-11-43-12-10-38-18-43)44-16-27(49-2)23(15-29(44)46)22-13-19(33)5-8-26(22)45-17-28(41-42-45)32(35,36)37/h5-8,10,12-18,25H,3-4,9,11H2,1-2H3,(H,39,47)(H,40,48)/t25-/m0/s1. The van der Waals surface area contributed by atoms with E-state index in [0.717, 1.165) is 21.4 Å². The van der Waals surface area contributed by atoms with Crippen LogP contribution in [-0.4, -0.2) is 54.6 Å². The largest absolute Gasteiger partial charge is 0.495 e. The molecule has 2 N–H and O–H groups in total. The molecule has 0 fully saturated rings. The van der Waals surface area contributed by atoms with Crippen molar-refractivity contribution in [1.29, 1.82) is 0 Å². The van der Waals surface area contributed by atoms with Crippen LogP contribution in [0.3, 0.4) is 0 Å². The second-order valence-corrected chi connectivity index (χ2v) is 11.2. The summed E-state index contributed by atoms with van der Waals surface area (Å²) in [6.45, 7) is 2.60. The molecule has 0 radical (unpaired) electrons. The number of halogens is 5. The maximum Gasteiger partial charge on any atom is 0.436 e. The van der Waals surface area contributed by atoms with Crippen molar-refractivity contribution < 1.29 is 31.9 Å². The van der Waals surface area contributed by atoms with Gasteiger partial charge in [0.15, 0.2) is 5.69 Å². The number of aromatic nitrogens is 6. The van der Waals surface area contributed by atoms with Gasteiger partial charge in [-0.05, 0) is 49.2 Å². The molecular formula is C32H29ClF4N8O4. The maximum atomic E-state index is 14.9. The summed E-state index contributed by atoms with van der Waals surface area (Å²) in [4.78, 5) is 43.3. The van der Waals surface area contributed by atoms with Crippen molar-refractivity contribution in [3.05, 3.63) is 106 Å². The van der Waals surface area contributed by atoms with Crippen LogP contribution < -0.4 is 20.9 Å². The smallest absolute Gasteiger partial charge is 0.436 e. The van der Waals surface area contributed by atoms with E-state index in [4.69, 9.17) is 16.3 Å². The van der Waals surface area contributed by atoms with Crippen LogP contribution in [-0.2, 0) is 17.5 Å². The molecule has 2 aromatic carbocycles. The van der Waals surface area contributed by atoms with Gasteiger partial charge in [0.2, 0.25) is 5.91 Å². The lowest BCUT2D eigenvalue weighted by Gasteiger charge is -2.21. The van der Waals surface area contributed by atoms with E-state index in [1.54, 1.807) is 25.6 Å². The molecule has 3 aromatic heterocycles. The number of nitrogens with zero attached hydrogens (tertiary/aromatic N) is 6. The van der Waals surface area contributed by atoms with Gasteiger partial charge in [0.1, 0.15) is 17.6 Å². The van der Waals surface area contributed by atoms with Gasteiger partial charge in [-0.3, -0.25) is 19.0 Å². The Hall–Kier alpha value is -5.51. The zero-order valence-electron chi connectivity index (χ0n) is 26.0. The van der Waals surface area contributed by atoms with Gasteiger partial charge in [-0.25, -0.2) is 14.1 Å². The number of amides is 2. The lowest BCUT2D eigenvalue weighted by atomic mass is 10.0. The summed E-state index contributed by atoms with van der Waals surface area (Å²) in [6, 6.07) is 7.98. The Labute approximate surface area is 281 Å². The molecule has 256 valence electrons. The Kier molecular flexibility index (Phi) is 10.5. The molecule has 0 unspecified atom stereocenters. The van der Waals surface area contributed by atoms with E-state index in [1.807, 2.05) is 4.57 Å². The summed E-state index contributed by atoms with van der Waals surface area (Å²) in [5.74, 6) is -2.02. The predicted octanol–water partition coefficient (Wildman–Crippen LogP) is 5.52. The number of carbonyl (C=O) groups is 2. The number of nitrogens with one attached hydrogen (secondary N) is 2. The molecule has 2 amide bonds. The summed E-state index contributed by atoms with van der Waals surface area (Å²) in [7, 11) is 1.32. The van der Waals surface area contributed by atoms with Gasteiger partial charge in [0.05, 0.1) is 37.1 Å². The predicted molar refractivity (Wildman–Crippen MR) is 171 cm³/mol. The fourth-order valence-electron chi connectivity index (χ4n) is 5.07. The van der Waals surface area contributed by atoms with Gasteiger partial charge in [0, 0.05) is 53.4 Å². The van der Waals surface area contributed by atoms with Gasteiger partial charge in [-0.2, -0.15) is 13.2 Å². The molecule has 0 saturated carbocycles. The van der Waals surface area contributed by atoms with E-state index in [1.165, 1.54) is 43.6 Å². The lowest BCUT2D eigenvalue weighted by Crippen LogP contribution is -2.33. The molecule has 1 atom stereocenters. The molecule has 5 aromatic rings. The first kappa shape index (κ1) is 34.8. The van der Waals surface area contributed by atoms with Crippen LogP contribution in [0.25, 0.3) is 16.8 Å². The highest BCUT2D eigenvalue weighted by atomic mass is 35.5. The van der Waals surface area contributed by atoms with Crippen molar-refractivity contribution in [3.8, 4) is 22.6 Å². The molecule has 17 heteroatoms. The summed E-state index contributed by atoms with van der Waals surface area (Å²) in [5, 5.41) is 12.2. The minimum absolute atomic E-state index is 0.0591. The van der Waals surface area contributed by atoms with E-state index >= 15 is 0 Å². The number of ether oxygens (including phenoxy) is 1. The van der Waals surface area contributed by atoms with Crippen molar-refractivity contribution in [2.24, 2.45) is 0 Å². The Balaban J connectivity index is 1.35. The van der Waals surface area contributed by atoms with Gasteiger partial charge in [-0.1, -0.05) is 23.7 Å². The average Bonchev–Trinajstić information content (AvgIpc) is 3.77. The third-order valence-electron chi connectivity index (χ3n) is 7.49. The molecule has 12 nitrogen and oxygen atoms in total. The number of benzene rings is 2. The molecule has 0 aliphatic rings. The molecule has 49 heavy (non-hydrogen) atoms. The fourth-order valence-corrected chi connectivity index (χ4v) is 5.24. The van der Waals surface area contributed by atoms with Crippen LogP contribution in [0.1, 0.15) is 41.9 Å². The third kappa shape index (κ3) is 7.97. The highest BCUT2D eigenvalue weighted by Crippen LogP contribution is 2.36. The Morgan fingerprint density at radius 2 is 1.88 bits per heavy atom. The number of imidazole rings is 1. The number of anilines is 1. The number of alkyl halides is 3. The van der Waals surface area contributed by atoms with Crippen molar-refractivity contribution in [3.63, 3.8) is 0 Å². The van der Waals surface area contributed by atoms with Crippen molar-refractivity contribution in [2.75, 3.05) is 19.0 Å². The summed E-state index contributed by atoms with van der Waals surface area (Å²) < 4.78 is 64.0. The van der Waals surface area contributed by atoms with Crippen LogP contribution in [0.2, 0.25) is 5.02 Å². The number of hydrogen-bond donors (Lipinski definition) is 2. The van der Waals surface area contributed by atoms with Crippen molar-refractivity contribution >= 4 is 29.1 Å². The molecule has 5 rings (SSSR count). The van der Waals surface area contributed by atoms with E-state index in [-0.39, 0.29) is 45.3 Å². The van der Waals surface area contributed by atoms with Gasteiger partial charge in [0.25, 0.3) is 11.5 Å². The van der Waals surface area contributed by atoms with E-state index in [9.17, 15) is 31.9 Å². The molecule has 0 saturated heterocycles. The topological polar surface area (TPSA) is 138 Å². The number of methoxy groups -OCH3 is 1. The first-order valence-electron chi connectivity index (χ1n) is 14.8. The van der Waals surface area contributed by atoms with Crippen molar-refractivity contribution in [1.82, 2.24) is 34.4 Å². The highest BCUT2D eigenvalue weighted by molar-refractivity contribution is 6.31. The second-order valence-electron chi connectivity index (χ2n) is 10.7. The zero-order chi connectivity index (χ0) is 35.3. The molecule has 0 aliphatic heterocycles. The minimum Gasteiger partial charge on any atom is -0.495 e. The molecule has 3 heterocycles.